The van der Waals surface area contributed by atoms with E-state index in [1.807, 2.05) is 18.6 Å². The first-order valence-electron chi connectivity index (χ1n) is 5.96. The van der Waals surface area contributed by atoms with Crippen molar-refractivity contribution in [3.05, 3.63) is 40.2 Å². The van der Waals surface area contributed by atoms with Crippen molar-refractivity contribution in [3.8, 4) is 0 Å². The summed E-state index contributed by atoms with van der Waals surface area (Å²) >= 11 is 1.71. The summed E-state index contributed by atoms with van der Waals surface area (Å²) in [6.07, 6.45) is 5.82. The van der Waals surface area contributed by atoms with E-state index in [-0.39, 0.29) is 0 Å². The van der Waals surface area contributed by atoms with Crippen LogP contribution in [-0.4, -0.2) is 11.5 Å². The van der Waals surface area contributed by atoms with Gasteiger partial charge < -0.3 is 9.73 Å². The summed E-state index contributed by atoms with van der Waals surface area (Å²) in [5, 5.41) is 3.57. The van der Waals surface area contributed by atoms with Gasteiger partial charge in [-0.25, -0.2) is 0 Å². The summed E-state index contributed by atoms with van der Waals surface area (Å²) in [6.45, 7) is 5.22. The lowest BCUT2D eigenvalue weighted by Crippen LogP contribution is -2.24. The summed E-state index contributed by atoms with van der Waals surface area (Å²) < 4.78 is 5.39. The Bertz CT molecular complexity index is 436. The number of hydrogen-bond acceptors (Lipinski definition) is 4. The van der Waals surface area contributed by atoms with E-state index in [2.05, 4.69) is 23.3 Å². The monoisotopic (exact) mass is 250 g/mol. The first kappa shape index (κ1) is 12.3. The Kier molecular flexibility index (Phi) is 4.34. The van der Waals surface area contributed by atoms with Gasteiger partial charge in [0.05, 0.1) is 11.8 Å². The topological polar surface area (TPSA) is 38.1 Å². The molecule has 0 fully saturated rings. The molecule has 4 heteroatoms. The molecule has 1 unspecified atom stereocenters. The molecule has 2 rings (SSSR count). The Balaban J connectivity index is 2.11. The number of rotatable bonds is 6. The summed E-state index contributed by atoms with van der Waals surface area (Å²) in [5.74, 6) is 1.00. The van der Waals surface area contributed by atoms with E-state index < -0.39 is 0 Å². The van der Waals surface area contributed by atoms with Crippen LogP contribution >= 0.6 is 11.3 Å². The number of nitrogens with zero attached hydrogens (tertiary/aromatic N) is 1. The molecule has 0 radical (unpaired) electrons. The fourth-order valence-electron chi connectivity index (χ4n) is 1.91. The minimum absolute atomic E-state index is 0.328. The molecule has 2 aromatic heterocycles. The highest BCUT2D eigenvalue weighted by atomic mass is 32.1. The smallest absolute Gasteiger partial charge is 0.105 e. The maximum absolute atomic E-state index is 5.39. The molecular formula is C13H18N2OS. The van der Waals surface area contributed by atoms with Crippen molar-refractivity contribution in [3.63, 3.8) is 0 Å². The van der Waals surface area contributed by atoms with Crippen LogP contribution in [0.25, 0.3) is 0 Å². The molecule has 2 aromatic rings. The van der Waals surface area contributed by atoms with Gasteiger partial charge in [0, 0.05) is 29.1 Å². The second-order valence-electron chi connectivity index (χ2n) is 4.11. The van der Waals surface area contributed by atoms with Gasteiger partial charge in [0.2, 0.25) is 0 Å². The number of thiazole rings is 1. The van der Waals surface area contributed by atoms with Crippen molar-refractivity contribution in [2.75, 3.05) is 6.54 Å². The average molecular weight is 250 g/mol. The summed E-state index contributed by atoms with van der Waals surface area (Å²) in [6, 6.07) is 2.39. The molecule has 0 spiro atoms. The van der Waals surface area contributed by atoms with E-state index in [4.69, 9.17) is 4.42 Å². The fraction of sp³-hybridized carbons (Fsp3) is 0.462. The molecule has 0 aliphatic heterocycles. The van der Waals surface area contributed by atoms with Gasteiger partial charge in [0.25, 0.3) is 0 Å². The van der Waals surface area contributed by atoms with Gasteiger partial charge in [-0.3, -0.25) is 4.98 Å². The molecule has 2 heterocycles. The molecule has 0 saturated heterocycles. The number of aromatic nitrogens is 1. The van der Waals surface area contributed by atoms with Crippen molar-refractivity contribution in [1.82, 2.24) is 10.3 Å². The van der Waals surface area contributed by atoms with Crippen molar-refractivity contribution in [2.45, 2.75) is 32.7 Å². The zero-order chi connectivity index (χ0) is 12.1. The van der Waals surface area contributed by atoms with Crippen LogP contribution in [0.3, 0.4) is 0 Å². The molecule has 0 amide bonds. The number of aryl methyl sites for hydroxylation is 1. The third-order valence-electron chi connectivity index (χ3n) is 2.80. The molecule has 0 aliphatic carbocycles. The highest BCUT2D eigenvalue weighted by molar-refractivity contribution is 7.09. The van der Waals surface area contributed by atoms with Gasteiger partial charge in [-0.15, -0.1) is 11.3 Å². The van der Waals surface area contributed by atoms with Crippen LogP contribution in [0.5, 0.6) is 0 Å². The molecule has 17 heavy (non-hydrogen) atoms. The molecule has 3 nitrogen and oxygen atoms in total. The normalized spacial score (nSPS) is 12.8. The first-order chi connectivity index (χ1) is 8.31. The van der Waals surface area contributed by atoms with E-state index in [1.165, 1.54) is 10.4 Å². The van der Waals surface area contributed by atoms with Gasteiger partial charge in [-0.05, 0) is 26.0 Å². The van der Waals surface area contributed by atoms with E-state index in [9.17, 15) is 0 Å². The minimum atomic E-state index is 0.328. The first-order valence-corrected chi connectivity index (χ1v) is 6.84. The van der Waals surface area contributed by atoms with Crippen molar-refractivity contribution in [1.29, 1.82) is 0 Å². The zero-order valence-electron chi connectivity index (χ0n) is 10.3. The third kappa shape index (κ3) is 3.17. The maximum atomic E-state index is 5.39. The van der Waals surface area contributed by atoms with Crippen LogP contribution in [0.2, 0.25) is 0 Å². The standard InChI is InChI=1S/C13H18N2OS/c1-3-5-15-13(7-11-8-14-9-17-11)12-4-6-16-10(12)2/h4,6,8-9,13,15H,3,5,7H2,1-2H3. The molecule has 0 aromatic carbocycles. The molecule has 0 saturated carbocycles. The lowest BCUT2D eigenvalue weighted by molar-refractivity contribution is 0.495. The number of nitrogens with one attached hydrogen (secondary N) is 1. The van der Waals surface area contributed by atoms with Crippen molar-refractivity contribution >= 4 is 11.3 Å². The predicted octanol–water partition coefficient (Wildman–Crippen LogP) is 3.33. The second-order valence-corrected chi connectivity index (χ2v) is 5.08. The van der Waals surface area contributed by atoms with E-state index >= 15 is 0 Å². The third-order valence-corrected chi connectivity index (χ3v) is 3.61. The molecular weight excluding hydrogens is 232 g/mol. The predicted molar refractivity (Wildman–Crippen MR) is 70.3 cm³/mol. The Hall–Kier alpha value is -1.13. The second kappa shape index (κ2) is 5.98. The molecule has 1 atom stereocenters. The summed E-state index contributed by atoms with van der Waals surface area (Å²) in [5.41, 5.74) is 3.14. The van der Waals surface area contributed by atoms with E-state index in [0.717, 1.165) is 25.1 Å². The number of furan rings is 1. The molecule has 1 N–H and O–H groups in total. The zero-order valence-corrected chi connectivity index (χ0v) is 11.1. The average Bonchev–Trinajstić information content (AvgIpc) is 2.95. The van der Waals surface area contributed by atoms with Gasteiger partial charge in [0.1, 0.15) is 5.76 Å². The highest BCUT2D eigenvalue weighted by Gasteiger charge is 2.16. The van der Waals surface area contributed by atoms with Crippen LogP contribution in [0.4, 0.5) is 0 Å². The Morgan fingerprint density at radius 3 is 3.00 bits per heavy atom. The van der Waals surface area contributed by atoms with Gasteiger partial charge in [0.15, 0.2) is 0 Å². The fourth-order valence-corrected chi connectivity index (χ4v) is 2.55. The van der Waals surface area contributed by atoms with Crippen molar-refractivity contribution < 1.29 is 4.42 Å². The number of hydrogen-bond donors (Lipinski definition) is 1. The SMILES string of the molecule is CCCNC(Cc1cncs1)c1ccoc1C. The van der Waals surface area contributed by atoms with Gasteiger partial charge >= 0.3 is 0 Å². The van der Waals surface area contributed by atoms with Crippen LogP contribution in [0.1, 0.15) is 35.6 Å². The van der Waals surface area contributed by atoms with Crippen molar-refractivity contribution in [2.24, 2.45) is 0 Å². The molecule has 0 aliphatic rings. The molecule has 0 bridgehead atoms. The lowest BCUT2D eigenvalue weighted by Gasteiger charge is -2.17. The summed E-state index contributed by atoms with van der Waals surface area (Å²) in [7, 11) is 0. The van der Waals surface area contributed by atoms with Crippen LogP contribution in [0.15, 0.2) is 28.5 Å². The van der Waals surface area contributed by atoms with E-state index in [0.29, 0.717) is 6.04 Å². The maximum Gasteiger partial charge on any atom is 0.105 e. The highest BCUT2D eigenvalue weighted by Crippen LogP contribution is 2.24. The van der Waals surface area contributed by atoms with Crippen LogP contribution in [-0.2, 0) is 6.42 Å². The Morgan fingerprint density at radius 2 is 2.41 bits per heavy atom. The Labute approximate surface area is 106 Å². The minimum Gasteiger partial charge on any atom is -0.469 e. The largest absolute Gasteiger partial charge is 0.469 e. The summed E-state index contributed by atoms with van der Waals surface area (Å²) in [4.78, 5) is 5.43. The van der Waals surface area contributed by atoms with E-state index in [1.54, 1.807) is 17.6 Å². The Morgan fingerprint density at radius 1 is 1.53 bits per heavy atom. The van der Waals surface area contributed by atoms with Gasteiger partial charge in [-0.2, -0.15) is 0 Å². The molecule has 92 valence electrons. The lowest BCUT2D eigenvalue weighted by atomic mass is 10.0. The quantitative estimate of drug-likeness (QED) is 0.854. The van der Waals surface area contributed by atoms with Gasteiger partial charge in [-0.1, -0.05) is 6.92 Å². The van der Waals surface area contributed by atoms with Crippen LogP contribution in [0, 0.1) is 6.92 Å². The van der Waals surface area contributed by atoms with Crippen LogP contribution < -0.4 is 5.32 Å².